The van der Waals surface area contributed by atoms with Gasteiger partial charge in [-0.05, 0) is 25.5 Å². The number of furan rings is 1. The van der Waals surface area contributed by atoms with Gasteiger partial charge in [0, 0.05) is 18.2 Å². The van der Waals surface area contributed by atoms with E-state index in [1.165, 1.54) is 0 Å². The van der Waals surface area contributed by atoms with Crippen LogP contribution in [0.15, 0.2) is 27.8 Å². The maximum atomic E-state index is 5.29. The lowest BCUT2D eigenvalue weighted by Gasteiger charge is -2.13. The van der Waals surface area contributed by atoms with E-state index in [-0.39, 0.29) is 0 Å². The van der Waals surface area contributed by atoms with Gasteiger partial charge in [0.25, 0.3) is 0 Å². The Hall–Kier alpha value is -0.900. The van der Waals surface area contributed by atoms with Crippen molar-refractivity contribution >= 4 is 16.9 Å². The van der Waals surface area contributed by atoms with Gasteiger partial charge < -0.3 is 9.73 Å². The summed E-state index contributed by atoms with van der Waals surface area (Å²) in [5, 5.41) is 4.51. The largest absolute Gasteiger partial charge is 0.469 e. The number of hydrogen-bond donors (Lipinski definition) is 1. The van der Waals surface area contributed by atoms with Crippen LogP contribution >= 0.6 is 11.8 Å². The monoisotopic (exact) mass is 224 g/mol. The SMILES string of the molecule is CC(CCc1ccco1)NC1=NCCS1. The Labute approximate surface area is 94.3 Å². The third-order valence-electron chi connectivity index (χ3n) is 2.36. The molecule has 1 aromatic heterocycles. The lowest BCUT2D eigenvalue weighted by atomic mass is 10.1. The van der Waals surface area contributed by atoms with Crippen molar-refractivity contribution in [2.45, 2.75) is 25.8 Å². The van der Waals surface area contributed by atoms with Gasteiger partial charge in [-0.1, -0.05) is 11.8 Å². The van der Waals surface area contributed by atoms with Crippen LogP contribution in [-0.4, -0.2) is 23.5 Å². The van der Waals surface area contributed by atoms with Crippen LogP contribution in [0.3, 0.4) is 0 Å². The molecular formula is C11H16N2OS. The van der Waals surface area contributed by atoms with Crippen LogP contribution < -0.4 is 5.32 Å². The zero-order valence-corrected chi connectivity index (χ0v) is 9.72. The number of amidine groups is 1. The Morgan fingerprint density at radius 3 is 3.27 bits per heavy atom. The minimum atomic E-state index is 0.458. The predicted molar refractivity (Wildman–Crippen MR) is 64.4 cm³/mol. The molecule has 1 aromatic rings. The van der Waals surface area contributed by atoms with Crippen molar-refractivity contribution in [1.82, 2.24) is 5.32 Å². The standard InChI is InChI=1S/C11H16N2OS/c1-9(13-11-12-6-8-15-11)4-5-10-3-2-7-14-10/h2-3,7,9H,4-6,8H2,1H3,(H,12,13). The Morgan fingerprint density at radius 2 is 2.60 bits per heavy atom. The summed E-state index contributed by atoms with van der Waals surface area (Å²) in [5.41, 5.74) is 0. The van der Waals surface area contributed by atoms with Gasteiger partial charge in [0.2, 0.25) is 0 Å². The Bertz CT molecular complexity index is 321. The molecule has 0 aliphatic carbocycles. The van der Waals surface area contributed by atoms with Gasteiger partial charge in [-0.2, -0.15) is 0 Å². The van der Waals surface area contributed by atoms with Crippen molar-refractivity contribution in [3.8, 4) is 0 Å². The second-order valence-corrected chi connectivity index (χ2v) is 4.78. The summed E-state index contributed by atoms with van der Waals surface area (Å²) >= 11 is 1.81. The predicted octanol–water partition coefficient (Wildman–Crippen LogP) is 2.29. The summed E-state index contributed by atoms with van der Waals surface area (Å²) in [5.74, 6) is 2.18. The third-order valence-corrected chi connectivity index (χ3v) is 3.27. The van der Waals surface area contributed by atoms with Crippen LogP contribution in [0.25, 0.3) is 0 Å². The lowest BCUT2D eigenvalue weighted by molar-refractivity contribution is 0.483. The van der Waals surface area contributed by atoms with Crippen molar-refractivity contribution in [2.75, 3.05) is 12.3 Å². The number of nitrogens with one attached hydrogen (secondary N) is 1. The molecule has 0 saturated heterocycles. The summed E-state index contributed by atoms with van der Waals surface area (Å²) in [6.07, 6.45) is 3.79. The first-order valence-corrected chi connectivity index (χ1v) is 6.29. The highest BCUT2D eigenvalue weighted by Crippen LogP contribution is 2.11. The highest BCUT2D eigenvalue weighted by molar-refractivity contribution is 8.14. The van der Waals surface area contributed by atoms with Gasteiger partial charge in [-0.15, -0.1) is 0 Å². The van der Waals surface area contributed by atoms with Gasteiger partial charge in [0.1, 0.15) is 5.76 Å². The van der Waals surface area contributed by atoms with E-state index in [2.05, 4.69) is 17.2 Å². The third kappa shape index (κ3) is 3.30. The molecular weight excluding hydrogens is 208 g/mol. The number of nitrogens with zero attached hydrogens (tertiary/aromatic N) is 1. The van der Waals surface area contributed by atoms with Crippen molar-refractivity contribution in [2.24, 2.45) is 4.99 Å². The molecule has 0 aromatic carbocycles. The summed E-state index contributed by atoms with van der Waals surface area (Å²) in [7, 11) is 0. The Balaban J connectivity index is 1.70. The second-order valence-electron chi connectivity index (χ2n) is 3.70. The minimum Gasteiger partial charge on any atom is -0.469 e. The highest BCUT2D eigenvalue weighted by Gasteiger charge is 2.10. The van der Waals surface area contributed by atoms with Crippen LogP contribution in [0, 0.1) is 0 Å². The van der Waals surface area contributed by atoms with Crippen LogP contribution in [-0.2, 0) is 6.42 Å². The number of thioether (sulfide) groups is 1. The molecule has 1 atom stereocenters. The normalized spacial score (nSPS) is 17.5. The van der Waals surface area contributed by atoms with E-state index in [1.807, 2.05) is 23.9 Å². The molecule has 1 aliphatic heterocycles. The van der Waals surface area contributed by atoms with E-state index < -0.39 is 0 Å². The molecule has 1 aliphatic rings. The first kappa shape index (κ1) is 10.6. The molecule has 0 bridgehead atoms. The van der Waals surface area contributed by atoms with E-state index >= 15 is 0 Å². The molecule has 0 amide bonds. The van der Waals surface area contributed by atoms with Crippen LogP contribution in [0.2, 0.25) is 0 Å². The molecule has 82 valence electrons. The fourth-order valence-electron chi connectivity index (χ4n) is 1.52. The summed E-state index contributed by atoms with van der Waals surface area (Å²) in [4.78, 5) is 4.37. The molecule has 0 saturated carbocycles. The average Bonchev–Trinajstić information content (AvgIpc) is 2.86. The quantitative estimate of drug-likeness (QED) is 0.852. The topological polar surface area (TPSA) is 37.5 Å². The molecule has 1 N–H and O–H groups in total. The van der Waals surface area contributed by atoms with E-state index in [0.29, 0.717) is 6.04 Å². The summed E-state index contributed by atoms with van der Waals surface area (Å²) in [6, 6.07) is 4.42. The van der Waals surface area contributed by atoms with E-state index in [9.17, 15) is 0 Å². The molecule has 2 heterocycles. The molecule has 0 fully saturated rings. The molecule has 0 radical (unpaired) electrons. The number of aliphatic imine (C=N–C) groups is 1. The highest BCUT2D eigenvalue weighted by atomic mass is 32.2. The van der Waals surface area contributed by atoms with Crippen molar-refractivity contribution in [1.29, 1.82) is 0 Å². The minimum absolute atomic E-state index is 0.458. The van der Waals surface area contributed by atoms with Crippen molar-refractivity contribution in [3.05, 3.63) is 24.2 Å². The first-order chi connectivity index (χ1) is 7.34. The molecule has 4 heteroatoms. The maximum absolute atomic E-state index is 5.29. The van der Waals surface area contributed by atoms with Crippen molar-refractivity contribution in [3.63, 3.8) is 0 Å². The van der Waals surface area contributed by atoms with Crippen molar-refractivity contribution < 1.29 is 4.42 Å². The molecule has 0 spiro atoms. The summed E-state index contributed by atoms with van der Waals surface area (Å²) < 4.78 is 5.29. The Kier molecular flexibility index (Phi) is 3.72. The van der Waals surface area contributed by atoms with Gasteiger partial charge in [0.15, 0.2) is 5.17 Å². The lowest BCUT2D eigenvalue weighted by Crippen LogP contribution is -2.30. The number of hydrogen-bond acceptors (Lipinski definition) is 4. The summed E-state index contributed by atoms with van der Waals surface area (Å²) in [6.45, 7) is 3.14. The van der Waals surface area contributed by atoms with Crippen LogP contribution in [0.1, 0.15) is 19.1 Å². The fraction of sp³-hybridized carbons (Fsp3) is 0.545. The number of rotatable bonds is 4. The van der Waals surface area contributed by atoms with Gasteiger partial charge in [-0.25, -0.2) is 0 Å². The zero-order chi connectivity index (χ0) is 10.5. The van der Waals surface area contributed by atoms with Crippen LogP contribution in [0.4, 0.5) is 0 Å². The van der Waals surface area contributed by atoms with E-state index in [0.717, 1.165) is 36.1 Å². The van der Waals surface area contributed by atoms with Crippen LogP contribution in [0.5, 0.6) is 0 Å². The van der Waals surface area contributed by atoms with Gasteiger partial charge in [0.05, 0.1) is 12.8 Å². The fourth-order valence-corrected chi connectivity index (χ4v) is 2.36. The van der Waals surface area contributed by atoms with Gasteiger partial charge in [-0.3, -0.25) is 4.99 Å². The maximum Gasteiger partial charge on any atom is 0.156 e. The van der Waals surface area contributed by atoms with Gasteiger partial charge >= 0.3 is 0 Å². The smallest absolute Gasteiger partial charge is 0.156 e. The second kappa shape index (κ2) is 5.26. The molecule has 2 rings (SSSR count). The Morgan fingerprint density at radius 1 is 1.67 bits per heavy atom. The molecule has 1 unspecified atom stereocenters. The van der Waals surface area contributed by atoms with E-state index in [1.54, 1.807) is 6.26 Å². The zero-order valence-electron chi connectivity index (χ0n) is 8.90. The number of aryl methyl sites for hydroxylation is 1. The average molecular weight is 224 g/mol. The first-order valence-electron chi connectivity index (χ1n) is 5.31. The van der Waals surface area contributed by atoms with E-state index in [4.69, 9.17) is 4.42 Å². The molecule has 15 heavy (non-hydrogen) atoms. The molecule has 3 nitrogen and oxygen atoms in total.